The summed E-state index contributed by atoms with van der Waals surface area (Å²) in [5.74, 6) is -1.11. The van der Waals surface area contributed by atoms with Crippen LogP contribution >= 0.6 is 0 Å². The minimum absolute atomic E-state index is 0.138. The van der Waals surface area contributed by atoms with Crippen molar-refractivity contribution in [1.82, 2.24) is 4.31 Å². The second-order valence-electron chi connectivity index (χ2n) is 2.92. The topological polar surface area (TPSA) is 101 Å². The predicted molar refractivity (Wildman–Crippen MR) is 52.4 cm³/mol. The molecule has 0 saturated carbocycles. The van der Waals surface area contributed by atoms with E-state index < -0.39 is 22.9 Å². The molecule has 0 bridgehead atoms. The van der Waals surface area contributed by atoms with Crippen LogP contribution in [0.3, 0.4) is 0 Å². The number of carboxylic acids is 1. The van der Waals surface area contributed by atoms with E-state index in [2.05, 4.69) is 0 Å². The van der Waals surface area contributed by atoms with Crippen molar-refractivity contribution in [2.24, 2.45) is 5.73 Å². The first kappa shape index (κ1) is 13.3. The van der Waals surface area contributed by atoms with Crippen LogP contribution in [0.2, 0.25) is 0 Å². The normalized spacial score (nSPS) is 13.4. The van der Waals surface area contributed by atoms with Gasteiger partial charge in [-0.25, -0.2) is 12.7 Å². The van der Waals surface area contributed by atoms with Crippen molar-refractivity contribution in [3.05, 3.63) is 0 Å². The highest BCUT2D eigenvalue weighted by Gasteiger charge is 2.14. The van der Waals surface area contributed by atoms with Gasteiger partial charge in [-0.3, -0.25) is 4.79 Å². The SMILES string of the molecule is CCCN(CC[C@H](N)C(=O)O)[SH](=O)=O. The molecule has 0 radical (unpaired) electrons. The largest absolute Gasteiger partial charge is 0.480 e. The number of nitrogens with two attached hydrogens (primary N) is 1. The Morgan fingerprint density at radius 2 is 2.07 bits per heavy atom. The zero-order chi connectivity index (χ0) is 11.1. The van der Waals surface area contributed by atoms with Gasteiger partial charge in [0.1, 0.15) is 6.04 Å². The number of thiol groups is 1. The Morgan fingerprint density at radius 1 is 1.50 bits per heavy atom. The molecule has 0 aliphatic heterocycles. The molecule has 0 aromatic rings. The number of hydrogen-bond acceptors (Lipinski definition) is 4. The summed E-state index contributed by atoms with van der Waals surface area (Å²) < 4.78 is 22.5. The monoisotopic (exact) mass is 224 g/mol. The molecule has 14 heavy (non-hydrogen) atoms. The van der Waals surface area contributed by atoms with Gasteiger partial charge in [0, 0.05) is 13.1 Å². The van der Waals surface area contributed by atoms with Gasteiger partial charge in [-0.2, -0.15) is 0 Å². The van der Waals surface area contributed by atoms with E-state index >= 15 is 0 Å². The summed E-state index contributed by atoms with van der Waals surface area (Å²) in [5, 5.41) is 8.47. The Balaban J connectivity index is 3.99. The van der Waals surface area contributed by atoms with Crippen molar-refractivity contribution in [1.29, 1.82) is 0 Å². The maximum absolute atomic E-state index is 10.6. The highest BCUT2D eigenvalue weighted by atomic mass is 32.2. The molecule has 6 nitrogen and oxygen atoms in total. The average Bonchev–Trinajstić information content (AvgIpc) is 2.10. The molecule has 7 heteroatoms. The summed E-state index contributed by atoms with van der Waals surface area (Å²) in [4.78, 5) is 10.3. The Bertz CT molecular complexity index is 246. The maximum Gasteiger partial charge on any atom is 0.320 e. The fourth-order valence-electron chi connectivity index (χ4n) is 0.945. The van der Waals surface area contributed by atoms with E-state index in [4.69, 9.17) is 10.8 Å². The molecule has 0 unspecified atom stereocenters. The number of carboxylic acid groups (broad SMARTS) is 1. The summed E-state index contributed by atoms with van der Waals surface area (Å²) in [5.41, 5.74) is 5.24. The summed E-state index contributed by atoms with van der Waals surface area (Å²) in [6, 6.07) is -0.996. The number of nitrogens with zero attached hydrogens (tertiary/aromatic N) is 1. The molecule has 0 aliphatic rings. The Labute approximate surface area is 84.8 Å². The molecule has 0 amide bonds. The van der Waals surface area contributed by atoms with E-state index in [0.29, 0.717) is 13.0 Å². The van der Waals surface area contributed by atoms with Gasteiger partial charge in [0.05, 0.1) is 0 Å². The van der Waals surface area contributed by atoms with Crippen molar-refractivity contribution >= 4 is 16.9 Å². The minimum Gasteiger partial charge on any atom is -0.480 e. The molecule has 0 aromatic carbocycles. The summed E-state index contributed by atoms with van der Waals surface area (Å²) >= 11 is 0. The van der Waals surface area contributed by atoms with Crippen LogP contribution in [0, 0.1) is 0 Å². The van der Waals surface area contributed by atoms with Crippen LogP contribution in [-0.2, 0) is 15.7 Å². The van der Waals surface area contributed by atoms with E-state index in [1.807, 2.05) is 6.92 Å². The summed E-state index contributed by atoms with van der Waals surface area (Å²) in [6.07, 6.45) is 0.838. The van der Waals surface area contributed by atoms with Gasteiger partial charge in [0.15, 0.2) is 0 Å². The quantitative estimate of drug-likeness (QED) is 0.483. The summed E-state index contributed by atoms with van der Waals surface area (Å²) in [7, 11) is -2.63. The Kier molecular flexibility index (Phi) is 6.43. The zero-order valence-electron chi connectivity index (χ0n) is 8.05. The molecule has 84 valence electrons. The lowest BCUT2D eigenvalue weighted by Gasteiger charge is -2.15. The van der Waals surface area contributed by atoms with E-state index in [9.17, 15) is 13.2 Å². The van der Waals surface area contributed by atoms with E-state index in [0.717, 1.165) is 0 Å². The van der Waals surface area contributed by atoms with Gasteiger partial charge in [0.2, 0.25) is 10.9 Å². The van der Waals surface area contributed by atoms with Gasteiger partial charge in [-0.1, -0.05) is 6.92 Å². The van der Waals surface area contributed by atoms with Gasteiger partial charge < -0.3 is 10.8 Å². The number of aliphatic carboxylic acids is 1. The zero-order valence-corrected chi connectivity index (χ0v) is 8.94. The molecule has 0 fully saturated rings. The smallest absolute Gasteiger partial charge is 0.320 e. The van der Waals surface area contributed by atoms with Gasteiger partial charge in [0.25, 0.3) is 0 Å². The first-order chi connectivity index (χ1) is 6.49. The molecular formula is C7H16N2O4S. The Hall–Kier alpha value is -0.660. The van der Waals surface area contributed by atoms with Crippen molar-refractivity contribution in [3.63, 3.8) is 0 Å². The van der Waals surface area contributed by atoms with Crippen LogP contribution in [0.15, 0.2) is 0 Å². The molecule has 1 atom stereocenters. The van der Waals surface area contributed by atoms with Crippen LogP contribution < -0.4 is 5.73 Å². The molecule has 0 heterocycles. The van der Waals surface area contributed by atoms with Gasteiger partial charge >= 0.3 is 5.97 Å². The molecule has 0 aromatic heterocycles. The van der Waals surface area contributed by atoms with Gasteiger partial charge in [-0.05, 0) is 12.8 Å². The van der Waals surface area contributed by atoms with E-state index in [1.54, 1.807) is 0 Å². The molecule has 0 spiro atoms. The van der Waals surface area contributed by atoms with Gasteiger partial charge in [-0.15, -0.1) is 0 Å². The van der Waals surface area contributed by atoms with E-state index in [-0.39, 0.29) is 13.0 Å². The second-order valence-corrected chi connectivity index (χ2v) is 3.97. The number of carbonyl (C=O) groups is 1. The fourth-order valence-corrected chi connectivity index (χ4v) is 1.59. The van der Waals surface area contributed by atoms with Crippen molar-refractivity contribution in [3.8, 4) is 0 Å². The van der Waals surface area contributed by atoms with Crippen molar-refractivity contribution < 1.29 is 18.3 Å². The van der Waals surface area contributed by atoms with E-state index in [1.165, 1.54) is 4.31 Å². The van der Waals surface area contributed by atoms with Crippen LogP contribution in [0.4, 0.5) is 0 Å². The maximum atomic E-state index is 10.6. The third kappa shape index (κ3) is 5.15. The van der Waals surface area contributed by atoms with Crippen LogP contribution in [0.25, 0.3) is 0 Å². The molecular weight excluding hydrogens is 208 g/mol. The number of hydrogen-bond donors (Lipinski definition) is 3. The van der Waals surface area contributed by atoms with Crippen LogP contribution in [0.1, 0.15) is 19.8 Å². The standard InChI is InChI=1S/C7H16N2O4S/c1-2-4-9(14(12)13)5-3-6(8)7(10)11/h6,14H,2-5,8H2,1H3,(H,10,11)/t6-/m0/s1. The highest BCUT2D eigenvalue weighted by molar-refractivity contribution is 7.69. The number of rotatable bonds is 7. The first-order valence-corrected chi connectivity index (χ1v) is 5.49. The highest BCUT2D eigenvalue weighted by Crippen LogP contribution is 1.96. The van der Waals surface area contributed by atoms with Crippen LogP contribution in [0.5, 0.6) is 0 Å². The Morgan fingerprint density at radius 3 is 2.43 bits per heavy atom. The lowest BCUT2D eigenvalue weighted by Crippen LogP contribution is -2.35. The fraction of sp³-hybridized carbons (Fsp3) is 0.857. The van der Waals surface area contributed by atoms with Crippen LogP contribution in [-0.4, -0.2) is 42.9 Å². The third-order valence-electron chi connectivity index (χ3n) is 1.73. The summed E-state index contributed by atoms with van der Waals surface area (Å²) in [6.45, 7) is 2.42. The molecule has 0 rings (SSSR count). The van der Waals surface area contributed by atoms with Crippen molar-refractivity contribution in [2.75, 3.05) is 13.1 Å². The predicted octanol–water partition coefficient (Wildman–Crippen LogP) is -0.973. The third-order valence-corrected chi connectivity index (χ3v) is 2.59. The molecule has 3 N–H and O–H groups in total. The first-order valence-electron chi connectivity index (χ1n) is 4.36. The average molecular weight is 224 g/mol. The lowest BCUT2D eigenvalue weighted by molar-refractivity contribution is -0.138. The molecule has 0 saturated heterocycles. The lowest BCUT2D eigenvalue weighted by atomic mass is 10.2. The second kappa shape index (κ2) is 6.74. The minimum atomic E-state index is -2.63. The molecule has 0 aliphatic carbocycles. The van der Waals surface area contributed by atoms with Crippen molar-refractivity contribution in [2.45, 2.75) is 25.8 Å².